The number of hydrogen-bond acceptors (Lipinski definition) is 6. The number of amides is 1. The lowest BCUT2D eigenvalue weighted by Crippen LogP contribution is -2.48. The van der Waals surface area contributed by atoms with E-state index in [4.69, 9.17) is 4.52 Å². The SMILES string of the molecule is CC(C)(C)c1ccc(=O)n(CCN2CCCCC2CNC(=O)c2onc3c2CCCC3)n1. The van der Waals surface area contributed by atoms with Crippen LogP contribution in [0.15, 0.2) is 21.5 Å². The minimum atomic E-state index is -0.165. The van der Waals surface area contributed by atoms with Gasteiger partial charge in [-0.05, 0) is 51.1 Å². The number of nitrogens with one attached hydrogen (secondary N) is 1. The zero-order valence-electron chi connectivity index (χ0n) is 19.5. The molecule has 1 saturated heterocycles. The van der Waals surface area contributed by atoms with Crippen LogP contribution in [-0.4, -0.2) is 51.4 Å². The van der Waals surface area contributed by atoms with E-state index in [1.807, 2.05) is 6.07 Å². The Morgan fingerprint density at radius 1 is 1.16 bits per heavy atom. The van der Waals surface area contributed by atoms with Crippen LogP contribution in [0.4, 0.5) is 0 Å². The lowest BCUT2D eigenvalue weighted by molar-refractivity contribution is 0.0872. The second kappa shape index (κ2) is 9.57. The standard InChI is InChI=1S/C24H35N5O3/c1-24(2,3)20-11-12-21(30)29(26-20)15-14-28-13-7-6-8-17(28)16-25-23(31)22-18-9-4-5-10-19(18)27-32-22/h11-12,17H,4-10,13-16H2,1-3H3,(H,25,31). The van der Waals surface area contributed by atoms with Gasteiger partial charge in [0.15, 0.2) is 0 Å². The molecule has 0 saturated carbocycles. The van der Waals surface area contributed by atoms with Crippen LogP contribution in [0, 0.1) is 0 Å². The highest BCUT2D eigenvalue weighted by Gasteiger charge is 2.27. The maximum Gasteiger partial charge on any atom is 0.290 e. The highest BCUT2D eigenvalue weighted by atomic mass is 16.5. The fraction of sp³-hybridized carbons (Fsp3) is 0.667. The number of fused-ring (bicyclic) bond motifs is 1. The van der Waals surface area contributed by atoms with Gasteiger partial charge in [-0.25, -0.2) is 4.68 Å². The summed E-state index contributed by atoms with van der Waals surface area (Å²) in [4.78, 5) is 27.5. The number of carbonyl (C=O) groups is 1. The molecule has 0 radical (unpaired) electrons. The van der Waals surface area contributed by atoms with Crippen molar-refractivity contribution in [2.45, 2.75) is 83.7 Å². The molecule has 8 nitrogen and oxygen atoms in total. The zero-order chi connectivity index (χ0) is 22.7. The molecule has 8 heteroatoms. The third kappa shape index (κ3) is 5.11. The number of aryl methyl sites for hydroxylation is 1. The van der Waals surface area contributed by atoms with E-state index in [0.29, 0.717) is 18.8 Å². The molecule has 1 amide bonds. The van der Waals surface area contributed by atoms with Crippen LogP contribution in [0.2, 0.25) is 0 Å². The maximum atomic E-state index is 12.8. The minimum absolute atomic E-state index is 0.0741. The monoisotopic (exact) mass is 441 g/mol. The second-order valence-corrected chi connectivity index (χ2v) is 10.1. The molecule has 174 valence electrons. The Balaban J connectivity index is 1.37. The van der Waals surface area contributed by atoms with Crippen LogP contribution >= 0.6 is 0 Å². The van der Waals surface area contributed by atoms with Crippen LogP contribution in [0.3, 0.4) is 0 Å². The number of rotatable bonds is 6. The number of hydrogen-bond donors (Lipinski definition) is 1. The molecule has 1 fully saturated rings. The molecular formula is C24H35N5O3. The molecule has 0 aromatic carbocycles. The fourth-order valence-corrected chi connectivity index (χ4v) is 4.68. The van der Waals surface area contributed by atoms with E-state index in [-0.39, 0.29) is 22.9 Å². The van der Waals surface area contributed by atoms with Crippen LogP contribution in [0.1, 0.15) is 80.4 Å². The van der Waals surface area contributed by atoms with E-state index in [0.717, 1.165) is 75.0 Å². The van der Waals surface area contributed by atoms with Crippen LogP contribution in [0.5, 0.6) is 0 Å². The molecule has 3 heterocycles. The number of carbonyl (C=O) groups excluding carboxylic acids is 1. The first-order chi connectivity index (χ1) is 15.3. The van der Waals surface area contributed by atoms with E-state index >= 15 is 0 Å². The van der Waals surface area contributed by atoms with E-state index in [2.05, 4.69) is 41.2 Å². The van der Waals surface area contributed by atoms with Gasteiger partial charge in [-0.3, -0.25) is 14.5 Å². The van der Waals surface area contributed by atoms with Crippen molar-refractivity contribution in [3.05, 3.63) is 45.2 Å². The predicted molar refractivity (Wildman–Crippen MR) is 122 cm³/mol. The van der Waals surface area contributed by atoms with Crippen molar-refractivity contribution in [1.82, 2.24) is 25.2 Å². The predicted octanol–water partition coefficient (Wildman–Crippen LogP) is 2.69. The van der Waals surface area contributed by atoms with Crippen molar-refractivity contribution in [1.29, 1.82) is 0 Å². The molecule has 4 rings (SSSR count). The molecule has 2 aromatic heterocycles. The highest BCUT2D eigenvalue weighted by molar-refractivity contribution is 5.93. The highest BCUT2D eigenvalue weighted by Crippen LogP contribution is 2.24. The third-order valence-corrected chi connectivity index (χ3v) is 6.65. The van der Waals surface area contributed by atoms with Gasteiger partial charge in [-0.15, -0.1) is 0 Å². The molecule has 0 bridgehead atoms. The first-order valence-electron chi connectivity index (χ1n) is 11.9. The molecule has 0 spiro atoms. The van der Waals surface area contributed by atoms with Crippen molar-refractivity contribution >= 4 is 5.91 Å². The summed E-state index contributed by atoms with van der Waals surface area (Å²) in [6.07, 6.45) is 7.25. The van der Waals surface area contributed by atoms with Gasteiger partial charge in [0.05, 0.1) is 17.9 Å². The van der Waals surface area contributed by atoms with Crippen LogP contribution < -0.4 is 10.9 Å². The van der Waals surface area contributed by atoms with Crippen molar-refractivity contribution in [3.63, 3.8) is 0 Å². The number of aromatic nitrogens is 3. The van der Waals surface area contributed by atoms with Crippen molar-refractivity contribution in [2.24, 2.45) is 0 Å². The van der Waals surface area contributed by atoms with E-state index in [1.54, 1.807) is 10.7 Å². The van der Waals surface area contributed by atoms with Crippen molar-refractivity contribution in [2.75, 3.05) is 19.6 Å². The van der Waals surface area contributed by atoms with Crippen LogP contribution in [-0.2, 0) is 24.8 Å². The molecule has 32 heavy (non-hydrogen) atoms. The Labute approximate surface area is 189 Å². The second-order valence-electron chi connectivity index (χ2n) is 10.1. The number of likely N-dealkylation sites (tertiary alicyclic amines) is 1. The average Bonchev–Trinajstić information content (AvgIpc) is 3.21. The number of nitrogens with zero attached hydrogens (tertiary/aromatic N) is 4. The molecule has 1 unspecified atom stereocenters. The Hall–Kier alpha value is -2.48. The normalized spacial score (nSPS) is 19.5. The summed E-state index contributed by atoms with van der Waals surface area (Å²) >= 11 is 0. The van der Waals surface area contributed by atoms with Gasteiger partial charge >= 0.3 is 0 Å². The van der Waals surface area contributed by atoms with Gasteiger partial charge in [0.1, 0.15) is 0 Å². The first-order valence-corrected chi connectivity index (χ1v) is 11.9. The summed E-state index contributed by atoms with van der Waals surface area (Å²) < 4.78 is 6.96. The van der Waals surface area contributed by atoms with Gasteiger partial charge in [0, 0.05) is 36.2 Å². The molecule has 2 aromatic rings. The summed E-state index contributed by atoms with van der Waals surface area (Å²) in [6, 6.07) is 3.67. The minimum Gasteiger partial charge on any atom is -0.350 e. The lowest BCUT2D eigenvalue weighted by atomic mass is 9.92. The molecule has 1 atom stereocenters. The van der Waals surface area contributed by atoms with Gasteiger partial charge in [0.25, 0.3) is 11.5 Å². The summed E-state index contributed by atoms with van der Waals surface area (Å²) in [5.74, 6) is 0.221. The van der Waals surface area contributed by atoms with Crippen LogP contribution in [0.25, 0.3) is 0 Å². The molecular weight excluding hydrogens is 406 g/mol. The Kier molecular flexibility index (Phi) is 6.79. The Morgan fingerprint density at radius 2 is 1.97 bits per heavy atom. The van der Waals surface area contributed by atoms with E-state index in [1.165, 1.54) is 0 Å². The van der Waals surface area contributed by atoms with Crippen molar-refractivity contribution < 1.29 is 9.32 Å². The number of piperidine rings is 1. The summed E-state index contributed by atoms with van der Waals surface area (Å²) in [6.45, 7) is 9.10. The summed E-state index contributed by atoms with van der Waals surface area (Å²) in [5.41, 5.74) is 2.66. The fourth-order valence-electron chi connectivity index (χ4n) is 4.68. The summed E-state index contributed by atoms with van der Waals surface area (Å²) in [5, 5.41) is 11.8. The van der Waals surface area contributed by atoms with Gasteiger partial charge in [-0.2, -0.15) is 5.10 Å². The Bertz CT molecular complexity index is 1000. The largest absolute Gasteiger partial charge is 0.350 e. The first kappa shape index (κ1) is 22.7. The van der Waals surface area contributed by atoms with Crippen molar-refractivity contribution in [3.8, 4) is 0 Å². The maximum absolute atomic E-state index is 12.8. The molecule has 1 N–H and O–H groups in total. The lowest BCUT2D eigenvalue weighted by Gasteiger charge is -2.35. The smallest absolute Gasteiger partial charge is 0.290 e. The third-order valence-electron chi connectivity index (χ3n) is 6.65. The molecule has 1 aliphatic carbocycles. The topological polar surface area (TPSA) is 93.3 Å². The zero-order valence-corrected chi connectivity index (χ0v) is 19.5. The summed E-state index contributed by atoms with van der Waals surface area (Å²) in [7, 11) is 0. The average molecular weight is 442 g/mol. The molecule has 1 aliphatic heterocycles. The Morgan fingerprint density at radius 3 is 2.78 bits per heavy atom. The van der Waals surface area contributed by atoms with Gasteiger partial charge in [-0.1, -0.05) is 32.3 Å². The van der Waals surface area contributed by atoms with E-state index < -0.39 is 0 Å². The molecule has 2 aliphatic rings. The van der Waals surface area contributed by atoms with Gasteiger partial charge < -0.3 is 9.84 Å². The van der Waals surface area contributed by atoms with E-state index in [9.17, 15) is 9.59 Å². The van der Waals surface area contributed by atoms with Gasteiger partial charge in [0.2, 0.25) is 5.76 Å². The quantitative estimate of drug-likeness (QED) is 0.741.